The first kappa shape index (κ1) is 14.5. The first-order valence-corrected chi connectivity index (χ1v) is 7.31. The molecule has 0 radical (unpaired) electrons. The van der Waals surface area contributed by atoms with Crippen molar-refractivity contribution in [3.05, 3.63) is 23.7 Å². The smallest absolute Gasteiger partial charge is 0.276 e. The molecule has 1 aromatic heterocycles. The number of carbonyl (C=O) groups is 1. The fraction of sp³-hybridized carbons (Fsp3) is 0.429. The zero-order valence-corrected chi connectivity index (χ0v) is 12.2. The first-order valence-electron chi connectivity index (χ1n) is 7.31. The van der Waals surface area contributed by atoms with Crippen molar-refractivity contribution in [2.45, 2.75) is 12.8 Å². The molecule has 2 aliphatic rings. The van der Waals surface area contributed by atoms with E-state index >= 15 is 0 Å². The highest BCUT2D eigenvalue weighted by Gasteiger charge is 2.21. The third-order valence-corrected chi connectivity index (χ3v) is 3.80. The molecule has 2 aliphatic heterocycles. The second kappa shape index (κ2) is 6.10. The van der Waals surface area contributed by atoms with Crippen LogP contribution >= 0.6 is 0 Å². The van der Waals surface area contributed by atoms with E-state index in [0.29, 0.717) is 24.1 Å². The quantitative estimate of drug-likeness (QED) is 0.643. The molecule has 1 amide bonds. The van der Waals surface area contributed by atoms with E-state index in [1.54, 1.807) is 18.3 Å². The van der Waals surface area contributed by atoms with Crippen molar-refractivity contribution in [3.8, 4) is 0 Å². The summed E-state index contributed by atoms with van der Waals surface area (Å²) < 4.78 is 0. The third kappa shape index (κ3) is 3.06. The molecule has 3 rings (SSSR count). The van der Waals surface area contributed by atoms with E-state index in [-0.39, 0.29) is 17.6 Å². The Balaban J connectivity index is 1.81. The molecule has 0 saturated carbocycles. The van der Waals surface area contributed by atoms with Crippen LogP contribution in [0.5, 0.6) is 0 Å². The molecule has 116 valence electrons. The maximum Gasteiger partial charge on any atom is 0.276 e. The van der Waals surface area contributed by atoms with E-state index in [9.17, 15) is 4.79 Å². The minimum absolute atomic E-state index is 0.104. The summed E-state index contributed by atoms with van der Waals surface area (Å²) >= 11 is 0. The summed E-state index contributed by atoms with van der Waals surface area (Å²) in [6.07, 6.45) is 5.51. The van der Waals surface area contributed by atoms with Crippen molar-refractivity contribution >= 4 is 23.9 Å². The largest absolute Gasteiger partial charge is 0.369 e. The lowest BCUT2D eigenvalue weighted by Gasteiger charge is -2.32. The zero-order chi connectivity index (χ0) is 15.5. The maximum absolute atomic E-state index is 11.6. The van der Waals surface area contributed by atoms with Crippen LogP contribution in [0.1, 0.15) is 18.5 Å². The fourth-order valence-electron chi connectivity index (χ4n) is 2.66. The summed E-state index contributed by atoms with van der Waals surface area (Å²) in [5, 5.41) is 2.43. The number of hydrogen-bond acceptors (Lipinski definition) is 7. The van der Waals surface area contributed by atoms with E-state index in [2.05, 4.69) is 25.2 Å². The molecule has 0 spiro atoms. The lowest BCUT2D eigenvalue weighted by Crippen LogP contribution is -2.39. The number of anilines is 1. The molecule has 0 aromatic carbocycles. The standard InChI is InChI=1S/C14H19N7O/c15-7-9-2-1-5-21(8-9)14-17-4-3-10(18-14)6-11-12(22)20-13(16)19-11/h3-4,6,9H,1-2,5,7-8,15H2,(H3,16,19,20,22)/b11-6-. The summed E-state index contributed by atoms with van der Waals surface area (Å²) in [5.41, 5.74) is 12.1. The lowest BCUT2D eigenvalue weighted by molar-refractivity contribution is -0.115. The fourth-order valence-corrected chi connectivity index (χ4v) is 2.66. The topological polar surface area (TPSA) is 123 Å². The van der Waals surface area contributed by atoms with Gasteiger partial charge >= 0.3 is 0 Å². The van der Waals surface area contributed by atoms with Gasteiger partial charge in [0.2, 0.25) is 11.9 Å². The predicted octanol–water partition coefficient (Wildman–Crippen LogP) is -0.563. The second-order valence-corrected chi connectivity index (χ2v) is 5.45. The maximum atomic E-state index is 11.6. The molecule has 1 saturated heterocycles. The van der Waals surface area contributed by atoms with Crippen molar-refractivity contribution in [1.82, 2.24) is 15.3 Å². The molecule has 8 nitrogen and oxygen atoms in total. The zero-order valence-electron chi connectivity index (χ0n) is 12.2. The van der Waals surface area contributed by atoms with Crippen LogP contribution in [-0.2, 0) is 4.79 Å². The number of guanidine groups is 1. The Bertz CT molecular complexity index is 640. The number of hydrogen-bond donors (Lipinski definition) is 3. The molecule has 0 aliphatic carbocycles. The number of aliphatic imine (C=N–C) groups is 1. The van der Waals surface area contributed by atoms with E-state index in [1.807, 2.05) is 0 Å². The van der Waals surface area contributed by atoms with Crippen LogP contribution in [0.15, 0.2) is 23.0 Å². The summed E-state index contributed by atoms with van der Waals surface area (Å²) in [5.74, 6) is 0.915. The normalized spacial score (nSPS) is 23.6. The van der Waals surface area contributed by atoms with Gasteiger partial charge in [-0.1, -0.05) is 0 Å². The number of nitrogens with one attached hydrogen (secondary N) is 1. The van der Waals surface area contributed by atoms with Gasteiger partial charge in [0.1, 0.15) is 5.70 Å². The Morgan fingerprint density at radius 3 is 3.09 bits per heavy atom. The highest BCUT2D eigenvalue weighted by atomic mass is 16.2. The number of piperidine rings is 1. The average molecular weight is 301 g/mol. The van der Waals surface area contributed by atoms with Crippen molar-refractivity contribution in [2.24, 2.45) is 22.4 Å². The molecule has 1 fully saturated rings. The van der Waals surface area contributed by atoms with E-state index in [0.717, 1.165) is 25.9 Å². The van der Waals surface area contributed by atoms with Crippen molar-refractivity contribution in [2.75, 3.05) is 24.5 Å². The van der Waals surface area contributed by atoms with Gasteiger partial charge in [-0.2, -0.15) is 0 Å². The summed E-state index contributed by atoms with van der Waals surface area (Å²) in [6, 6.07) is 1.73. The lowest BCUT2D eigenvalue weighted by atomic mass is 9.99. The molecule has 0 bridgehead atoms. The van der Waals surface area contributed by atoms with E-state index in [4.69, 9.17) is 11.5 Å². The Labute approximate surface area is 128 Å². The van der Waals surface area contributed by atoms with E-state index in [1.165, 1.54) is 0 Å². The highest BCUT2D eigenvalue weighted by Crippen LogP contribution is 2.20. The molecule has 8 heteroatoms. The first-order chi connectivity index (χ1) is 10.7. The van der Waals surface area contributed by atoms with Crippen molar-refractivity contribution in [3.63, 3.8) is 0 Å². The van der Waals surface area contributed by atoms with Crippen LogP contribution in [0.25, 0.3) is 6.08 Å². The van der Waals surface area contributed by atoms with Crippen LogP contribution < -0.4 is 21.7 Å². The summed E-state index contributed by atoms with van der Waals surface area (Å²) in [7, 11) is 0. The van der Waals surface area contributed by atoms with Crippen LogP contribution in [0.2, 0.25) is 0 Å². The van der Waals surface area contributed by atoms with Gasteiger partial charge in [-0.15, -0.1) is 0 Å². The molecule has 22 heavy (non-hydrogen) atoms. The van der Waals surface area contributed by atoms with Crippen molar-refractivity contribution < 1.29 is 4.79 Å². The van der Waals surface area contributed by atoms with Crippen LogP contribution in [0.4, 0.5) is 5.95 Å². The molecular weight excluding hydrogens is 282 g/mol. The minimum Gasteiger partial charge on any atom is -0.369 e. The monoisotopic (exact) mass is 301 g/mol. The van der Waals surface area contributed by atoms with Gasteiger partial charge in [0.25, 0.3) is 5.91 Å². The van der Waals surface area contributed by atoms with Crippen LogP contribution in [0.3, 0.4) is 0 Å². The molecule has 1 atom stereocenters. The Morgan fingerprint density at radius 2 is 2.36 bits per heavy atom. The third-order valence-electron chi connectivity index (χ3n) is 3.80. The second-order valence-electron chi connectivity index (χ2n) is 5.45. The highest BCUT2D eigenvalue weighted by molar-refractivity contribution is 6.13. The van der Waals surface area contributed by atoms with Gasteiger partial charge in [0, 0.05) is 19.3 Å². The molecule has 1 unspecified atom stereocenters. The minimum atomic E-state index is -0.321. The van der Waals surface area contributed by atoms with Gasteiger partial charge in [-0.05, 0) is 37.4 Å². The Kier molecular flexibility index (Phi) is 4.01. The van der Waals surface area contributed by atoms with Gasteiger partial charge in [0.05, 0.1) is 5.69 Å². The number of nitrogens with two attached hydrogens (primary N) is 2. The number of rotatable bonds is 3. The summed E-state index contributed by atoms with van der Waals surface area (Å²) in [4.78, 5) is 26.5. The molecule has 1 aromatic rings. The van der Waals surface area contributed by atoms with Crippen LogP contribution in [-0.4, -0.2) is 41.5 Å². The number of carbonyl (C=O) groups excluding carboxylic acids is 1. The Hall–Kier alpha value is -2.48. The van der Waals surface area contributed by atoms with Crippen LogP contribution in [0, 0.1) is 5.92 Å². The van der Waals surface area contributed by atoms with Crippen molar-refractivity contribution in [1.29, 1.82) is 0 Å². The SMILES string of the molecule is NCC1CCCN(c2nccc(/C=C3\N=C(N)NC3=O)n2)C1. The predicted molar refractivity (Wildman–Crippen MR) is 83.8 cm³/mol. The number of amides is 1. The van der Waals surface area contributed by atoms with E-state index < -0.39 is 0 Å². The Morgan fingerprint density at radius 1 is 1.50 bits per heavy atom. The molecule has 5 N–H and O–H groups in total. The van der Waals surface area contributed by atoms with Gasteiger partial charge in [-0.25, -0.2) is 15.0 Å². The average Bonchev–Trinajstić information content (AvgIpc) is 2.85. The number of nitrogens with zero attached hydrogens (tertiary/aromatic N) is 4. The number of aromatic nitrogens is 2. The summed E-state index contributed by atoms with van der Waals surface area (Å²) in [6.45, 7) is 2.46. The van der Waals surface area contributed by atoms with Gasteiger partial charge < -0.3 is 16.4 Å². The van der Waals surface area contributed by atoms with Gasteiger partial charge in [-0.3, -0.25) is 10.1 Å². The molecular formula is C14H19N7O. The molecule has 3 heterocycles. The van der Waals surface area contributed by atoms with Gasteiger partial charge in [0.15, 0.2) is 0 Å².